The van der Waals surface area contributed by atoms with E-state index < -0.39 is 0 Å². The van der Waals surface area contributed by atoms with Gasteiger partial charge in [-0.25, -0.2) is 4.79 Å². The summed E-state index contributed by atoms with van der Waals surface area (Å²) in [5, 5.41) is 3.02. The van der Waals surface area contributed by atoms with Gasteiger partial charge < -0.3 is 24.4 Å². The number of carbonyl (C=O) groups excluding carboxylic acids is 1. The van der Waals surface area contributed by atoms with E-state index in [1.807, 2.05) is 54.3 Å². The molecule has 1 heterocycles. The lowest BCUT2D eigenvalue weighted by atomic mass is 10.0. The Morgan fingerprint density at radius 1 is 1.10 bits per heavy atom. The van der Waals surface area contributed by atoms with Crippen molar-refractivity contribution < 1.29 is 19.0 Å². The number of benzene rings is 2. The molecule has 1 aliphatic heterocycles. The quantitative estimate of drug-likeness (QED) is 0.673. The smallest absolute Gasteiger partial charge is 0.317 e. The lowest BCUT2D eigenvalue weighted by Crippen LogP contribution is -2.40. The molecule has 0 bridgehead atoms. The Kier molecular flexibility index (Phi) is 7.22. The maximum absolute atomic E-state index is 12.7. The van der Waals surface area contributed by atoms with Gasteiger partial charge in [0.1, 0.15) is 17.2 Å². The number of rotatable bonds is 8. The zero-order valence-electron chi connectivity index (χ0n) is 17.4. The topological polar surface area (TPSA) is 60.0 Å². The zero-order chi connectivity index (χ0) is 20.6. The van der Waals surface area contributed by atoms with Gasteiger partial charge in [-0.05, 0) is 50.5 Å². The fourth-order valence-electron chi connectivity index (χ4n) is 3.62. The summed E-state index contributed by atoms with van der Waals surface area (Å²) in [7, 11) is 3.28. The number of ether oxygens (including phenoxy) is 3. The first-order valence-corrected chi connectivity index (χ1v) is 10.1. The van der Waals surface area contributed by atoms with Gasteiger partial charge in [-0.2, -0.15) is 0 Å². The summed E-state index contributed by atoms with van der Waals surface area (Å²) in [5.41, 5.74) is 2.22. The molecule has 0 saturated carbocycles. The Bertz CT molecular complexity index is 807. The molecule has 2 amide bonds. The van der Waals surface area contributed by atoms with Crippen molar-refractivity contribution in [3.05, 3.63) is 53.6 Å². The lowest BCUT2D eigenvalue weighted by Gasteiger charge is -2.26. The number of likely N-dealkylation sites (tertiary alicyclic amines) is 1. The van der Waals surface area contributed by atoms with Gasteiger partial charge in [0.15, 0.2) is 0 Å². The fraction of sp³-hybridized carbons (Fsp3) is 0.435. The Labute approximate surface area is 172 Å². The Hall–Kier alpha value is -2.89. The number of nitrogens with one attached hydrogen (secondary N) is 1. The number of aryl methyl sites for hydroxylation is 1. The van der Waals surface area contributed by atoms with E-state index in [0.717, 1.165) is 48.6 Å². The molecule has 29 heavy (non-hydrogen) atoms. The maximum atomic E-state index is 12.7. The highest BCUT2D eigenvalue weighted by atomic mass is 16.5. The van der Waals surface area contributed by atoms with E-state index in [9.17, 15) is 4.79 Å². The average Bonchev–Trinajstić information content (AvgIpc) is 3.24. The largest absolute Gasteiger partial charge is 0.497 e. The summed E-state index contributed by atoms with van der Waals surface area (Å²) >= 11 is 0. The molecule has 1 fully saturated rings. The van der Waals surface area contributed by atoms with Crippen LogP contribution in [0.15, 0.2) is 42.5 Å². The third kappa shape index (κ3) is 5.34. The number of hydrogen-bond acceptors (Lipinski definition) is 4. The summed E-state index contributed by atoms with van der Waals surface area (Å²) in [4.78, 5) is 14.6. The molecular formula is C23H30N2O4. The molecule has 2 aromatic rings. The molecule has 1 atom stereocenters. The second kappa shape index (κ2) is 10.0. The van der Waals surface area contributed by atoms with Crippen molar-refractivity contribution in [2.45, 2.75) is 32.2 Å². The molecule has 6 nitrogen and oxygen atoms in total. The Morgan fingerprint density at radius 3 is 2.59 bits per heavy atom. The molecule has 2 aromatic carbocycles. The van der Waals surface area contributed by atoms with Crippen LogP contribution < -0.4 is 19.5 Å². The second-order valence-corrected chi connectivity index (χ2v) is 7.21. The highest BCUT2D eigenvalue weighted by Gasteiger charge is 2.31. The zero-order valence-corrected chi connectivity index (χ0v) is 17.4. The van der Waals surface area contributed by atoms with Crippen LogP contribution in [-0.4, -0.2) is 44.8 Å². The van der Waals surface area contributed by atoms with Crippen molar-refractivity contribution >= 4 is 6.03 Å². The number of hydrogen-bond donors (Lipinski definition) is 1. The SMILES string of the molecule is COc1ccc(C2CCCN2C(=O)NCCCOc2ccc(C)cc2)c(OC)c1. The van der Waals surface area contributed by atoms with Crippen LogP contribution >= 0.6 is 0 Å². The van der Waals surface area contributed by atoms with Crippen molar-refractivity contribution in [2.75, 3.05) is 33.9 Å². The van der Waals surface area contributed by atoms with Crippen LogP contribution in [0.4, 0.5) is 4.79 Å². The molecule has 6 heteroatoms. The molecule has 1 aliphatic rings. The molecule has 0 aliphatic carbocycles. The van der Waals surface area contributed by atoms with Crippen LogP contribution in [-0.2, 0) is 0 Å². The molecule has 0 radical (unpaired) electrons. The van der Waals surface area contributed by atoms with E-state index in [2.05, 4.69) is 5.32 Å². The van der Waals surface area contributed by atoms with E-state index in [0.29, 0.717) is 13.2 Å². The minimum absolute atomic E-state index is 0.0136. The van der Waals surface area contributed by atoms with Crippen molar-refractivity contribution in [1.29, 1.82) is 0 Å². The molecule has 0 aromatic heterocycles. The first kappa shape index (κ1) is 20.8. The first-order chi connectivity index (χ1) is 14.1. The monoisotopic (exact) mass is 398 g/mol. The van der Waals surface area contributed by atoms with Gasteiger partial charge in [0, 0.05) is 24.7 Å². The van der Waals surface area contributed by atoms with Gasteiger partial charge in [-0.15, -0.1) is 0 Å². The predicted octanol–water partition coefficient (Wildman–Crippen LogP) is 4.33. The summed E-state index contributed by atoms with van der Waals surface area (Å²) in [5.74, 6) is 2.35. The van der Waals surface area contributed by atoms with E-state index in [1.54, 1.807) is 14.2 Å². The molecule has 1 unspecified atom stereocenters. The van der Waals surface area contributed by atoms with Crippen LogP contribution in [0.1, 0.15) is 36.4 Å². The standard InChI is InChI=1S/C23H30N2O4/c1-17-7-9-18(10-8-17)29-15-5-13-24-23(26)25-14-4-6-21(25)20-12-11-19(27-2)16-22(20)28-3/h7-12,16,21H,4-6,13-15H2,1-3H3,(H,24,26). The van der Waals surface area contributed by atoms with Crippen molar-refractivity contribution in [2.24, 2.45) is 0 Å². The molecule has 3 rings (SSSR count). The van der Waals surface area contributed by atoms with Gasteiger partial charge in [0.2, 0.25) is 0 Å². The highest BCUT2D eigenvalue weighted by molar-refractivity contribution is 5.75. The average molecular weight is 399 g/mol. The van der Waals surface area contributed by atoms with Gasteiger partial charge in [-0.1, -0.05) is 17.7 Å². The number of methoxy groups -OCH3 is 2. The number of carbonyl (C=O) groups is 1. The van der Waals surface area contributed by atoms with E-state index in [4.69, 9.17) is 14.2 Å². The molecule has 156 valence electrons. The lowest BCUT2D eigenvalue weighted by molar-refractivity contribution is 0.191. The number of nitrogens with zero attached hydrogens (tertiary/aromatic N) is 1. The highest BCUT2D eigenvalue weighted by Crippen LogP contribution is 2.38. The third-order valence-electron chi connectivity index (χ3n) is 5.20. The fourth-order valence-corrected chi connectivity index (χ4v) is 3.62. The van der Waals surface area contributed by atoms with Crippen LogP contribution in [0, 0.1) is 6.92 Å². The summed E-state index contributed by atoms with van der Waals surface area (Å²) in [6, 6.07) is 13.7. The number of urea groups is 1. The van der Waals surface area contributed by atoms with Crippen molar-refractivity contribution in [3.63, 3.8) is 0 Å². The number of amides is 2. The molecule has 1 N–H and O–H groups in total. The molecular weight excluding hydrogens is 368 g/mol. The van der Waals surface area contributed by atoms with Crippen LogP contribution in [0.2, 0.25) is 0 Å². The Balaban J connectivity index is 1.50. The maximum Gasteiger partial charge on any atom is 0.317 e. The van der Waals surface area contributed by atoms with E-state index in [1.165, 1.54) is 5.56 Å². The minimum Gasteiger partial charge on any atom is -0.497 e. The summed E-state index contributed by atoms with van der Waals surface area (Å²) in [6.45, 7) is 3.94. The van der Waals surface area contributed by atoms with Crippen LogP contribution in [0.25, 0.3) is 0 Å². The normalized spacial score (nSPS) is 15.8. The van der Waals surface area contributed by atoms with Crippen molar-refractivity contribution in [1.82, 2.24) is 10.2 Å². The van der Waals surface area contributed by atoms with E-state index >= 15 is 0 Å². The van der Waals surface area contributed by atoms with Gasteiger partial charge >= 0.3 is 6.03 Å². The predicted molar refractivity (Wildman–Crippen MR) is 113 cm³/mol. The second-order valence-electron chi connectivity index (χ2n) is 7.21. The third-order valence-corrected chi connectivity index (χ3v) is 5.20. The first-order valence-electron chi connectivity index (χ1n) is 10.1. The Morgan fingerprint density at radius 2 is 1.86 bits per heavy atom. The molecule has 0 spiro atoms. The van der Waals surface area contributed by atoms with Crippen LogP contribution in [0.3, 0.4) is 0 Å². The van der Waals surface area contributed by atoms with E-state index in [-0.39, 0.29) is 12.1 Å². The minimum atomic E-state index is -0.0410. The van der Waals surface area contributed by atoms with Gasteiger partial charge in [-0.3, -0.25) is 0 Å². The van der Waals surface area contributed by atoms with Crippen LogP contribution in [0.5, 0.6) is 17.2 Å². The van der Waals surface area contributed by atoms with Gasteiger partial charge in [0.25, 0.3) is 0 Å². The summed E-state index contributed by atoms with van der Waals surface area (Å²) < 4.78 is 16.5. The van der Waals surface area contributed by atoms with Crippen molar-refractivity contribution in [3.8, 4) is 17.2 Å². The molecule has 1 saturated heterocycles. The summed E-state index contributed by atoms with van der Waals surface area (Å²) in [6.07, 6.45) is 2.65. The van der Waals surface area contributed by atoms with Gasteiger partial charge in [0.05, 0.1) is 26.9 Å².